The van der Waals surface area contributed by atoms with Crippen LogP contribution in [-0.4, -0.2) is 42.9 Å². The van der Waals surface area contributed by atoms with E-state index in [9.17, 15) is 9.59 Å². The molecule has 0 aliphatic carbocycles. The third-order valence-corrected chi connectivity index (χ3v) is 6.21. The molecule has 1 N–H and O–H groups in total. The summed E-state index contributed by atoms with van der Waals surface area (Å²) in [6, 6.07) is 22.5. The number of halogens is 1. The minimum Gasteiger partial charge on any atom is -0.489 e. The molecule has 6 nitrogen and oxygen atoms in total. The number of benzene rings is 3. The average Bonchev–Trinajstić information content (AvgIpc) is 2.88. The highest BCUT2D eigenvalue weighted by atomic mass is 35.5. The maximum absolute atomic E-state index is 13.1. The van der Waals surface area contributed by atoms with E-state index in [1.165, 1.54) is 0 Å². The smallest absolute Gasteiger partial charge is 0.255 e. The van der Waals surface area contributed by atoms with Gasteiger partial charge in [0.05, 0.1) is 11.4 Å². The number of nitrogens with zero attached hydrogens (tertiary/aromatic N) is 2. The Balaban J connectivity index is 1.44. The molecular weight excluding hydrogens is 462 g/mol. The number of piperazine rings is 1. The van der Waals surface area contributed by atoms with Crippen molar-refractivity contribution in [3.63, 3.8) is 0 Å². The Morgan fingerprint density at radius 1 is 0.943 bits per heavy atom. The second kappa shape index (κ2) is 11.3. The van der Waals surface area contributed by atoms with Crippen molar-refractivity contribution in [1.82, 2.24) is 4.90 Å². The first-order chi connectivity index (χ1) is 16.9. The van der Waals surface area contributed by atoms with Gasteiger partial charge in [0.2, 0.25) is 5.91 Å². The standard InChI is InChI=1S/C28H30ClN3O3/c1-20(2)28(34)32-15-13-31(14-16-32)26-12-11-23(29)18-25(26)30-27(33)22-9-6-10-24(17-22)35-19-21-7-4-3-5-8-21/h3-12,17-18,20H,13-16,19H2,1-2H3,(H,30,33). The molecule has 3 aromatic rings. The SMILES string of the molecule is CC(C)C(=O)N1CCN(c2ccc(Cl)cc2NC(=O)c2cccc(OCc3ccccc3)c2)CC1. The quantitative estimate of drug-likeness (QED) is 0.475. The number of anilines is 2. The van der Waals surface area contributed by atoms with E-state index < -0.39 is 0 Å². The van der Waals surface area contributed by atoms with Gasteiger partial charge in [0.1, 0.15) is 12.4 Å². The van der Waals surface area contributed by atoms with Crippen LogP contribution in [0.3, 0.4) is 0 Å². The van der Waals surface area contributed by atoms with Crippen molar-refractivity contribution in [2.24, 2.45) is 5.92 Å². The first kappa shape index (κ1) is 24.6. The number of nitrogens with one attached hydrogen (secondary N) is 1. The number of ether oxygens (including phenoxy) is 1. The van der Waals surface area contributed by atoms with Crippen molar-refractivity contribution in [3.8, 4) is 5.75 Å². The summed E-state index contributed by atoms with van der Waals surface area (Å²) < 4.78 is 5.88. The molecule has 35 heavy (non-hydrogen) atoms. The summed E-state index contributed by atoms with van der Waals surface area (Å²) in [5.41, 5.74) is 3.08. The van der Waals surface area contributed by atoms with Crippen LogP contribution >= 0.6 is 11.6 Å². The topological polar surface area (TPSA) is 61.9 Å². The normalized spacial score (nSPS) is 13.6. The van der Waals surface area contributed by atoms with Gasteiger partial charge in [-0.15, -0.1) is 0 Å². The minimum absolute atomic E-state index is 0.0145. The summed E-state index contributed by atoms with van der Waals surface area (Å²) >= 11 is 6.27. The Hall–Kier alpha value is -3.51. The average molecular weight is 492 g/mol. The van der Waals surface area contributed by atoms with Gasteiger partial charge in [0.15, 0.2) is 0 Å². The van der Waals surface area contributed by atoms with Crippen LogP contribution in [0.25, 0.3) is 0 Å². The Morgan fingerprint density at radius 2 is 1.69 bits per heavy atom. The van der Waals surface area contributed by atoms with Gasteiger partial charge in [-0.05, 0) is 42.0 Å². The number of rotatable bonds is 7. The molecule has 0 spiro atoms. The van der Waals surface area contributed by atoms with E-state index in [1.54, 1.807) is 24.3 Å². The lowest BCUT2D eigenvalue weighted by Crippen LogP contribution is -2.50. The maximum Gasteiger partial charge on any atom is 0.255 e. The van der Waals surface area contributed by atoms with Gasteiger partial charge >= 0.3 is 0 Å². The van der Waals surface area contributed by atoms with Gasteiger partial charge in [-0.1, -0.05) is 61.8 Å². The largest absolute Gasteiger partial charge is 0.489 e. The summed E-state index contributed by atoms with van der Waals surface area (Å²) in [6.45, 7) is 6.93. The molecule has 0 aromatic heterocycles. The summed E-state index contributed by atoms with van der Waals surface area (Å²) in [4.78, 5) is 29.5. The van der Waals surface area contributed by atoms with Crippen molar-refractivity contribution in [3.05, 3.63) is 88.9 Å². The van der Waals surface area contributed by atoms with Crippen molar-refractivity contribution < 1.29 is 14.3 Å². The summed E-state index contributed by atoms with van der Waals surface area (Å²) in [6.07, 6.45) is 0. The number of amides is 2. The van der Waals surface area contributed by atoms with Crippen LogP contribution in [0.5, 0.6) is 5.75 Å². The van der Waals surface area contributed by atoms with E-state index in [2.05, 4.69) is 10.2 Å². The van der Waals surface area contributed by atoms with Crippen LogP contribution in [-0.2, 0) is 11.4 Å². The third kappa shape index (κ3) is 6.34. The second-order valence-corrected chi connectivity index (χ2v) is 9.32. The Kier molecular flexibility index (Phi) is 7.93. The number of carbonyl (C=O) groups excluding carboxylic acids is 2. The lowest BCUT2D eigenvalue weighted by Gasteiger charge is -2.37. The fraction of sp³-hybridized carbons (Fsp3) is 0.286. The number of carbonyl (C=O) groups is 2. The molecule has 0 atom stereocenters. The van der Waals surface area contributed by atoms with Crippen molar-refractivity contribution >= 4 is 34.8 Å². The van der Waals surface area contributed by atoms with Crippen molar-refractivity contribution in [2.75, 3.05) is 36.4 Å². The van der Waals surface area contributed by atoms with Gasteiger partial charge < -0.3 is 19.9 Å². The van der Waals surface area contributed by atoms with E-state index in [1.807, 2.05) is 67.3 Å². The molecule has 2 amide bonds. The zero-order valence-corrected chi connectivity index (χ0v) is 20.8. The summed E-state index contributed by atoms with van der Waals surface area (Å²) in [7, 11) is 0. The fourth-order valence-electron chi connectivity index (χ4n) is 4.08. The molecule has 4 rings (SSSR count). The van der Waals surface area contributed by atoms with Crippen molar-refractivity contribution in [1.29, 1.82) is 0 Å². The van der Waals surface area contributed by atoms with Crippen LogP contribution in [0.4, 0.5) is 11.4 Å². The first-order valence-electron chi connectivity index (χ1n) is 11.8. The molecular formula is C28H30ClN3O3. The van der Waals surface area contributed by atoms with Crippen LogP contribution in [0.15, 0.2) is 72.8 Å². The molecule has 1 fully saturated rings. The molecule has 0 unspecified atom stereocenters. The molecule has 3 aromatic carbocycles. The number of hydrogen-bond donors (Lipinski definition) is 1. The summed E-state index contributed by atoms with van der Waals surface area (Å²) in [5, 5.41) is 3.56. The van der Waals surface area contributed by atoms with Crippen LogP contribution in [0.1, 0.15) is 29.8 Å². The van der Waals surface area contributed by atoms with Gasteiger partial charge in [-0.3, -0.25) is 9.59 Å². The third-order valence-electron chi connectivity index (χ3n) is 5.98. The highest BCUT2D eigenvalue weighted by Gasteiger charge is 2.24. The van der Waals surface area contributed by atoms with E-state index in [0.717, 1.165) is 11.3 Å². The van der Waals surface area contributed by atoms with Gasteiger partial charge in [0, 0.05) is 42.7 Å². The monoisotopic (exact) mass is 491 g/mol. The van der Waals surface area contributed by atoms with Gasteiger partial charge in [-0.25, -0.2) is 0 Å². The predicted molar refractivity (Wildman–Crippen MR) is 140 cm³/mol. The maximum atomic E-state index is 13.1. The molecule has 1 heterocycles. The van der Waals surface area contributed by atoms with Gasteiger partial charge in [0.25, 0.3) is 5.91 Å². The highest BCUT2D eigenvalue weighted by Crippen LogP contribution is 2.31. The zero-order valence-electron chi connectivity index (χ0n) is 20.0. The molecule has 1 saturated heterocycles. The van der Waals surface area contributed by atoms with Crippen LogP contribution in [0.2, 0.25) is 5.02 Å². The zero-order chi connectivity index (χ0) is 24.8. The van der Waals surface area contributed by atoms with Crippen LogP contribution < -0.4 is 15.0 Å². The fourth-order valence-corrected chi connectivity index (χ4v) is 4.25. The molecule has 0 bridgehead atoms. The van der Waals surface area contributed by atoms with E-state index in [4.69, 9.17) is 16.3 Å². The molecule has 182 valence electrons. The molecule has 1 aliphatic rings. The van der Waals surface area contributed by atoms with E-state index >= 15 is 0 Å². The first-order valence-corrected chi connectivity index (χ1v) is 12.2. The predicted octanol–water partition coefficient (Wildman–Crippen LogP) is 5.48. The Labute approximate surface area is 211 Å². The van der Waals surface area contributed by atoms with E-state index in [-0.39, 0.29) is 17.7 Å². The minimum atomic E-state index is -0.243. The van der Waals surface area contributed by atoms with Gasteiger partial charge in [-0.2, -0.15) is 0 Å². The molecule has 0 radical (unpaired) electrons. The second-order valence-electron chi connectivity index (χ2n) is 8.88. The lowest BCUT2D eigenvalue weighted by atomic mass is 10.1. The number of hydrogen-bond acceptors (Lipinski definition) is 4. The molecule has 0 saturated carbocycles. The van der Waals surface area contributed by atoms with Crippen molar-refractivity contribution in [2.45, 2.75) is 20.5 Å². The van der Waals surface area contributed by atoms with E-state index in [0.29, 0.717) is 54.8 Å². The Morgan fingerprint density at radius 3 is 2.40 bits per heavy atom. The highest BCUT2D eigenvalue weighted by molar-refractivity contribution is 6.31. The molecule has 1 aliphatic heterocycles. The summed E-state index contributed by atoms with van der Waals surface area (Å²) in [5.74, 6) is 0.536. The lowest BCUT2D eigenvalue weighted by molar-refractivity contribution is -0.134. The van der Waals surface area contributed by atoms with Crippen LogP contribution in [0, 0.1) is 5.92 Å². The Bertz CT molecular complexity index is 1180. The molecule has 7 heteroatoms.